The molecular formula is C32H32F4N4O4. The molecule has 3 aromatic carbocycles. The maximum atomic E-state index is 12.7. The van der Waals surface area contributed by atoms with Gasteiger partial charge in [0, 0.05) is 44.9 Å². The van der Waals surface area contributed by atoms with Crippen molar-refractivity contribution in [1.82, 2.24) is 10.2 Å². The van der Waals surface area contributed by atoms with Gasteiger partial charge in [0.25, 0.3) is 5.91 Å². The molecule has 1 N–H and O–H groups in total. The van der Waals surface area contributed by atoms with E-state index in [0.717, 1.165) is 35.2 Å². The van der Waals surface area contributed by atoms with Gasteiger partial charge in [0.2, 0.25) is 0 Å². The molecule has 0 spiro atoms. The number of hydrogen-bond acceptors (Lipinski definition) is 7. The first-order valence-corrected chi connectivity index (χ1v) is 13.7. The highest BCUT2D eigenvalue weighted by Crippen LogP contribution is 2.31. The van der Waals surface area contributed by atoms with Gasteiger partial charge in [-0.25, -0.2) is 0 Å². The molecule has 12 heteroatoms. The number of aldehydes is 1. The van der Waals surface area contributed by atoms with Crippen molar-refractivity contribution < 1.29 is 36.6 Å². The summed E-state index contributed by atoms with van der Waals surface area (Å²) in [6, 6.07) is 16.5. The molecule has 0 radical (unpaired) electrons. The lowest BCUT2D eigenvalue weighted by molar-refractivity contribution is -0.104. The molecule has 0 bridgehead atoms. The number of halogens is 4. The van der Waals surface area contributed by atoms with Crippen molar-refractivity contribution >= 4 is 23.6 Å². The normalized spacial score (nSPS) is 14.1. The van der Waals surface area contributed by atoms with Gasteiger partial charge in [0.15, 0.2) is 17.8 Å². The molecule has 0 fully saturated rings. The fourth-order valence-electron chi connectivity index (χ4n) is 4.55. The minimum Gasteiger partial charge on any atom is -0.431 e. The van der Waals surface area contributed by atoms with E-state index in [2.05, 4.69) is 26.0 Å². The van der Waals surface area contributed by atoms with Gasteiger partial charge >= 0.3 is 13.2 Å². The molecule has 232 valence electrons. The van der Waals surface area contributed by atoms with Crippen molar-refractivity contribution in [1.29, 1.82) is 0 Å². The lowest BCUT2D eigenvalue weighted by Crippen LogP contribution is -2.29. The van der Waals surface area contributed by atoms with Crippen molar-refractivity contribution in [2.75, 3.05) is 18.6 Å². The lowest BCUT2D eigenvalue weighted by Gasteiger charge is -2.27. The number of alkyl halides is 4. The average molecular weight is 613 g/mol. The Morgan fingerprint density at radius 1 is 0.955 bits per heavy atom. The number of aryl methyl sites for hydroxylation is 2. The Kier molecular flexibility index (Phi) is 10.6. The Hall–Kier alpha value is -4.87. The molecule has 4 rings (SSSR count). The van der Waals surface area contributed by atoms with E-state index < -0.39 is 30.6 Å². The van der Waals surface area contributed by atoms with Gasteiger partial charge in [-0.2, -0.15) is 22.7 Å². The number of carbonyl (C=O) groups excluding carboxylic acids is 2. The van der Waals surface area contributed by atoms with Gasteiger partial charge in [0.1, 0.15) is 0 Å². The number of rotatable bonds is 12. The van der Waals surface area contributed by atoms with Crippen LogP contribution >= 0.6 is 0 Å². The number of nitrogens with one attached hydrogen (secondary N) is 1. The zero-order valence-corrected chi connectivity index (χ0v) is 24.4. The molecule has 1 amide bonds. The smallest absolute Gasteiger partial charge is 0.387 e. The summed E-state index contributed by atoms with van der Waals surface area (Å²) in [6.07, 6.45) is 3.17. The molecular weight excluding hydrogens is 580 g/mol. The van der Waals surface area contributed by atoms with Crippen molar-refractivity contribution in [3.8, 4) is 11.5 Å². The second-order valence-electron chi connectivity index (χ2n) is 10.2. The van der Waals surface area contributed by atoms with Crippen LogP contribution in [0.3, 0.4) is 0 Å². The van der Waals surface area contributed by atoms with Crippen LogP contribution in [0.5, 0.6) is 11.5 Å². The summed E-state index contributed by atoms with van der Waals surface area (Å²) in [5, 5.41) is 9.11. The standard InChI is InChI=1S/C32H32F4N4O4/c1-20-4-10-26(14-21(20)2)39(3)38-27-12-13-40(18-25(27)19-41)17-22-5-8-24(9-6-22)30(42)37-16-23-7-11-28(43-31(33)34)29(15-23)44-32(35)36/h4-11,14-15,18-19,31-32H,12-13,16-17H2,1-3H3,(H,37,42)/b38-27-. The van der Waals surface area contributed by atoms with Crippen LogP contribution in [0.25, 0.3) is 0 Å². The molecule has 1 aliphatic rings. The Morgan fingerprint density at radius 2 is 1.64 bits per heavy atom. The molecule has 0 unspecified atom stereocenters. The SMILES string of the molecule is Cc1ccc(N(C)/N=C2/CCN(Cc3ccc(C(=O)NCc4ccc(OC(F)F)c(OC(F)F)c4)cc3)C=C2C=O)cc1C. The Bertz CT molecular complexity index is 1540. The highest BCUT2D eigenvalue weighted by atomic mass is 19.3. The van der Waals surface area contributed by atoms with Crippen molar-refractivity contribution in [3.05, 3.63) is 100 Å². The van der Waals surface area contributed by atoms with Gasteiger partial charge in [-0.15, -0.1) is 0 Å². The monoisotopic (exact) mass is 612 g/mol. The quantitative estimate of drug-likeness (QED) is 0.149. The summed E-state index contributed by atoms with van der Waals surface area (Å²) < 4.78 is 59.0. The van der Waals surface area contributed by atoms with Crippen LogP contribution in [0.4, 0.5) is 23.2 Å². The third-order valence-electron chi connectivity index (χ3n) is 7.05. The average Bonchev–Trinajstić information content (AvgIpc) is 2.99. The number of amides is 1. The van der Waals surface area contributed by atoms with Crippen LogP contribution in [0.15, 0.2) is 77.5 Å². The highest BCUT2D eigenvalue weighted by Gasteiger charge is 2.19. The highest BCUT2D eigenvalue weighted by molar-refractivity contribution is 6.15. The molecule has 0 aliphatic carbocycles. The molecule has 0 saturated heterocycles. The second kappa shape index (κ2) is 14.5. The summed E-state index contributed by atoms with van der Waals surface area (Å²) >= 11 is 0. The van der Waals surface area contributed by atoms with Crippen LogP contribution in [0.2, 0.25) is 0 Å². The van der Waals surface area contributed by atoms with Gasteiger partial charge in [-0.1, -0.05) is 24.3 Å². The minimum absolute atomic E-state index is 0.0647. The number of nitrogens with zero attached hydrogens (tertiary/aromatic N) is 3. The minimum atomic E-state index is -3.24. The number of ether oxygens (including phenoxy) is 2. The topological polar surface area (TPSA) is 83.5 Å². The Labute approximate surface area is 252 Å². The number of anilines is 1. The third kappa shape index (κ3) is 8.59. The lowest BCUT2D eigenvalue weighted by atomic mass is 10.0. The number of hydrazone groups is 1. The van der Waals surface area contributed by atoms with Crippen LogP contribution in [-0.2, 0) is 17.9 Å². The second-order valence-corrected chi connectivity index (χ2v) is 10.2. The zero-order chi connectivity index (χ0) is 31.8. The summed E-state index contributed by atoms with van der Waals surface area (Å²) in [7, 11) is 1.85. The van der Waals surface area contributed by atoms with E-state index in [9.17, 15) is 27.2 Å². The van der Waals surface area contributed by atoms with E-state index in [-0.39, 0.29) is 6.54 Å². The zero-order valence-electron chi connectivity index (χ0n) is 24.4. The van der Waals surface area contributed by atoms with Crippen LogP contribution in [0, 0.1) is 13.8 Å². The maximum absolute atomic E-state index is 12.7. The third-order valence-corrected chi connectivity index (χ3v) is 7.05. The van der Waals surface area contributed by atoms with Crippen molar-refractivity contribution in [2.24, 2.45) is 5.10 Å². The Balaban J connectivity index is 1.35. The van der Waals surface area contributed by atoms with Crippen LogP contribution in [0.1, 0.15) is 39.0 Å². The molecule has 44 heavy (non-hydrogen) atoms. The van der Waals surface area contributed by atoms with E-state index in [4.69, 9.17) is 0 Å². The number of allylic oxidation sites excluding steroid dienone is 1. The summed E-state index contributed by atoms with van der Waals surface area (Å²) in [5.74, 6) is -1.52. The number of hydrogen-bond donors (Lipinski definition) is 1. The molecule has 8 nitrogen and oxygen atoms in total. The van der Waals surface area contributed by atoms with Crippen molar-refractivity contribution in [2.45, 2.75) is 46.6 Å². The maximum Gasteiger partial charge on any atom is 0.387 e. The molecule has 3 aromatic rings. The predicted octanol–water partition coefficient (Wildman–Crippen LogP) is 6.22. The summed E-state index contributed by atoms with van der Waals surface area (Å²) in [6.45, 7) is -1.27. The van der Waals surface area contributed by atoms with E-state index >= 15 is 0 Å². The van der Waals surface area contributed by atoms with E-state index in [0.29, 0.717) is 41.9 Å². The first-order valence-electron chi connectivity index (χ1n) is 13.7. The van der Waals surface area contributed by atoms with E-state index in [1.807, 2.05) is 37.9 Å². The van der Waals surface area contributed by atoms with Crippen LogP contribution < -0.4 is 19.8 Å². The largest absolute Gasteiger partial charge is 0.431 e. The van der Waals surface area contributed by atoms with Crippen molar-refractivity contribution in [3.63, 3.8) is 0 Å². The first kappa shape index (κ1) is 32.1. The van der Waals surface area contributed by atoms with Gasteiger partial charge < -0.3 is 19.7 Å². The van der Waals surface area contributed by atoms with E-state index in [1.54, 1.807) is 35.5 Å². The summed E-state index contributed by atoms with van der Waals surface area (Å²) in [4.78, 5) is 26.6. The fourth-order valence-corrected chi connectivity index (χ4v) is 4.55. The van der Waals surface area contributed by atoms with Gasteiger partial charge in [-0.05, 0) is 72.5 Å². The fraction of sp³-hybridized carbons (Fsp3) is 0.281. The number of benzene rings is 3. The predicted molar refractivity (Wildman–Crippen MR) is 158 cm³/mol. The molecule has 0 atom stereocenters. The number of carbonyl (C=O) groups is 2. The molecule has 1 heterocycles. The molecule has 0 saturated carbocycles. The molecule has 0 aromatic heterocycles. The van der Waals surface area contributed by atoms with Gasteiger partial charge in [-0.3, -0.25) is 14.6 Å². The van der Waals surface area contributed by atoms with Gasteiger partial charge in [0.05, 0.1) is 17.0 Å². The molecule has 1 aliphatic heterocycles. The Morgan fingerprint density at radius 3 is 2.30 bits per heavy atom. The first-order chi connectivity index (χ1) is 21.0. The van der Waals surface area contributed by atoms with E-state index in [1.165, 1.54) is 11.6 Å². The van der Waals surface area contributed by atoms with Crippen LogP contribution in [-0.4, -0.2) is 49.6 Å². The summed E-state index contributed by atoms with van der Waals surface area (Å²) in [5.41, 5.74) is 6.11.